The van der Waals surface area contributed by atoms with Crippen molar-refractivity contribution in [3.8, 4) is 0 Å². The molecule has 1 aromatic heterocycles. The second-order valence-corrected chi connectivity index (χ2v) is 11.5. The number of hydrogen-bond donors (Lipinski definition) is 0. The van der Waals surface area contributed by atoms with Gasteiger partial charge in [-0.3, -0.25) is 29.5 Å². The Labute approximate surface area is 249 Å². The summed E-state index contributed by atoms with van der Waals surface area (Å²) in [5, 5.41) is 12.1. The van der Waals surface area contributed by atoms with E-state index in [0.29, 0.717) is 16.0 Å². The summed E-state index contributed by atoms with van der Waals surface area (Å²) >= 11 is 1.31. The number of carbonyl (C=O) groups is 3. The number of hydrogen-bond acceptors (Lipinski definition) is 7. The number of aromatic nitrogens is 1. The highest BCUT2D eigenvalue weighted by Crippen LogP contribution is 2.39. The molecule has 10 nitrogen and oxygen atoms in total. The number of likely N-dealkylation sites (N-methyl/N-ethyl adjacent to an activating group) is 1. The lowest BCUT2D eigenvalue weighted by Crippen LogP contribution is -2.61. The van der Waals surface area contributed by atoms with E-state index in [0.717, 1.165) is 10.5 Å². The molecule has 42 heavy (non-hydrogen) atoms. The fourth-order valence-corrected chi connectivity index (χ4v) is 5.98. The fourth-order valence-electron chi connectivity index (χ4n) is 4.80. The van der Waals surface area contributed by atoms with E-state index in [2.05, 4.69) is 25.4 Å². The van der Waals surface area contributed by atoms with Gasteiger partial charge in [0.25, 0.3) is 17.5 Å². The van der Waals surface area contributed by atoms with E-state index in [9.17, 15) is 24.5 Å². The Balaban J connectivity index is 1.57. The minimum Gasteiger partial charge on any atom is -0.347 e. The minimum absolute atomic E-state index is 0.0340. The third kappa shape index (κ3) is 6.52. The number of nitro benzene ring substituents is 1. The molecule has 1 unspecified atom stereocenters. The van der Waals surface area contributed by atoms with Gasteiger partial charge in [0.05, 0.1) is 16.4 Å². The minimum atomic E-state index is -0.902. The van der Waals surface area contributed by atoms with Crippen LogP contribution in [0.5, 0.6) is 0 Å². The van der Waals surface area contributed by atoms with Crippen molar-refractivity contribution < 1.29 is 19.3 Å². The van der Waals surface area contributed by atoms with E-state index < -0.39 is 16.9 Å². The lowest BCUT2D eigenvalue weighted by Gasteiger charge is -2.41. The number of amides is 3. The molecule has 4 rings (SSSR count). The van der Waals surface area contributed by atoms with Crippen LogP contribution in [0, 0.1) is 10.1 Å². The molecule has 0 N–H and O–H groups in total. The molecule has 0 saturated carbocycles. The van der Waals surface area contributed by atoms with E-state index in [4.69, 9.17) is 0 Å². The quantitative estimate of drug-likeness (QED) is 0.213. The average Bonchev–Trinajstić information content (AvgIpc) is 2.99. The van der Waals surface area contributed by atoms with Crippen LogP contribution in [-0.2, 0) is 9.59 Å². The molecule has 0 radical (unpaired) electrons. The molecule has 11 heteroatoms. The standard InChI is InChI=1S/C31H33N5O5S/c1-20(2)24-8-6-7-9-27(24)42-28-11-10-23(18-25(28)36(40)41)21(3)29(37)34-16-17-35(26(19-34)31(39)33(4)5)30(38)22-12-14-32-15-13-22/h6-15,18,20,26H,3,16-17,19H2,1-2,4-5H3. The van der Waals surface area contributed by atoms with Crippen LogP contribution in [0.15, 0.2) is 83.4 Å². The van der Waals surface area contributed by atoms with Crippen molar-refractivity contribution >= 4 is 40.7 Å². The SMILES string of the molecule is C=C(C(=O)N1CCN(C(=O)c2ccncc2)C(C(=O)N(C)C)C1)c1ccc(Sc2ccccc2C(C)C)c([N+](=O)[O-])c1. The van der Waals surface area contributed by atoms with Gasteiger partial charge in [-0.2, -0.15) is 0 Å². The van der Waals surface area contributed by atoms with Crippen molar-refractivity contribution in [1.82, 2.24) is 19.7 Å². The van der Waals surface area contributed by atoms with E-state index in [1.54, 1.807) is 38.4 Å². The van der Waals surface area contributed by atoms with E-state index in [1.807, 2.05) is 24.3 Å². The third-order valence-corrected chi connectivity index (χ3v) is 8.26. The molecule has 1 atom stereocenters. The average molecular weight is 588 g/mol. The van der Waals surface area contributed by atoms with Crippen LogP contribution in [0.2, 0.25) is 0 Å². The van der Waals surface area contributed by atoms with E-state index >= 15 is 0 Å². The summed E-state index contributed by atoms with van der Waals surface area (Å²) in [6.07, 6.45) is 3.01. The molecule has 1 aliphatic heterocycles. The van der Waals surface area contributed by atoms with Crippen LogP contribution in [0.1, 0.15) is 41.3 Å². The zero-order chi connectivity index (χ0) is 30.6. The zero-order valence-electron chi connectivity index (χ0n) is 24.0. The van der Waals surface area contributed by atoms with Crippen LogP contribution >= 0.6 is 11.8 Å². The van der Waals surface area contributed by atoms with Gasteiger partial charge in [-0.15, -0.1) is 0 Å². The van der Waals surface area contributed by atoms with Crippen LogP contribution in [-0.4, -0.2) is 82.1 Å². The van der Waals surface area contributed by atoms with Crippen LogP contribution in [0.25, 0.3) is 5.57 Å². The van der Waals surface area contributed by atoms with E-state index in [-0.39, 0.29) is 48.6 Å². The number of pyridine rings is 1. The van der Waals surface area contributed by atoms with Gasteiger partial charge in [-0.25, -0.2) is 0 Å². The van der Waals surface area contributed by atoms with E-state index in [1.165, 1.54) is 44.9 Å². The molecule has 218 valence electrons. The van der Waals surface area contributed by atoms with Crippen molar-refractivity contribution in [2.24, 2.45) is 0 Å². The molecule has 2 aromatic carbocycles. The number of piperazine rings is 1. The highest BCUT2D eigenvalue weighted by atomic mass is 32.2. The van der Waals surface area contributed by atoms with Gasteiger partial charge >= 0.3 is 0 Å². The molecule has 1 aliphatic rings. The van der Waals surface area contributed by atoms with Gasteiger partial charge in [0.2, 0.25) is 5.91 Å². The Hall–Kier alpha value is -4.51. The van der Waals surface area contributed by atoms with Crippen LogP contribution in [0.3, 0.4) is 0 Å². The first-order valence-electron chi connectivity index (χ1n) is 13.5. The molecule has 0 spiro atoms. The van der Waals surface area contributed by atoms with Gasteiger partial charge in [0, 0.05) is 61.7 Å². The predicted molar refractivity (Wildman–Crippen MR) is 161 cm³/mol. The number of benzene rings is 2. The molecular formula is C31H33N5O5S. The van der Waals surface area contributed by atoms with Gasteiger partial charge in [0.1, 0.15) is 6.04 Å². The highest BCUT2D eigenvalue weighted by molar-refractivity contribution is 7.99. The summed E-state index contributed by atoms with van der Waals surface area (Å²) < 4.78 is 0. The van der Waals surface area contributed by atoms with Gasteiger partial charge in [-0.05, 0) is 41.3 Å². The monoisotopic (exact) mass is 587 g/mol. The molecule has 3 aromatic rings. The van der Waals surface area contributed by atoms with Crippen LogP contribution in [0.4, 0.5) is 5.69 Å². The highest BCUT2D eigenvalue weighted by Gasteiger charge is 2.38. The first kappa shape index (κ1) is 30.4. The summed E-state index contributed by atoms with van der Waals surface area (Å²) in [6.45, 7) is 8.36. The lowest BCUT2D eigenvalue weighted by molar-refractivity contribution is -0.387. The molecule has 0 bridgehead atoms. The van der Waals surface area contributed by atoms with Gasteiger partial charge < -0.3 is 14.7 Å². The summed E-state index contributed by atoms with van der Waals surface area (Å²) in [6, 6.07) is 14.7. The Morgan fingerprint density at radius 2 is 1.71 bits per heavy atom. The first-order chi connectivity index (χ1) is 20.0. The maximum Gasteiger partial charge on any atom is 0.283 e. The van der Waals surface area contributed by atoms with Crippen molar-refractivity contribution in [1.29, 1.82) is 0 Å². The fraction of sp³-hybridized carbons (Fsp3) is 0.290. The second-order valence-electron chi connectivity index (χ2n) is 10.4. The molecule has 0 aliphatic carbocycles. The Morgan fingerprint density at radius 3 is 2.36 bits per heavy atom. The number of rotatable bonds is 8. The summed E-state index contributed by atoms with van der Waals surface area (Å²) in [5.74, 6) is -0.860. The number of carbonyl (C=O) groups excluding carboxylic acids is 3. The third-order valence-electron chi connectivity index (χ3n) is 7.10. The summed E-state index contributed by atoms with van der Waals surface area (Å²) in [4.78, 5) is 61.2. The molecule has 2 heterocycles. The van der Waals surface area contributed by atoms with Crippen molar-refractivity contribution in [2.75, 3.05) is 33.7 Å². The van der Waals surface area contributed by atoms with Gasteiger partial charge in [-0.1, -0.05) is 56.5 Å². The van der Waals surface area contributed by atoms with Crippen LogP contribution < -0.4 is 0 Å². The van der Waals surface area contributed by atoms with Crippen molar-refractivity contribution in [3.05, 3.63) is 100 Å². The summed E-state index contributed by atoms with van der Waals surface area (Å²) in [5.41, 5.74) is 1.75. The number of nitrogens with zero attached hydrogens (tertiary/aromatic N) is 5. The Kier molecular flexibility index (Phi) is 9.41. The Morgan fingerprint density at radius 1 is 1.02 bits per heavy atom. The van der Waals surface area contributed by atoms with Gasteiger partial charge in [0.15, 0.2) is 0 Å². The molecule has 3 amide bonds. The second kappa shape index (κ2) is 13.0. The molecule has 1 saturated heterocycles. The zero-order valence-corrected chi connectivity index (χ0v) is 24.8. The summed E-state index contributed by atoms with van der Waals surface area (Å²) in [7, 11) is 3.19. The normalized spacial score (nSPS) is 14.9. The molecule has 1 fully saturated rings. The maximum atomic E-state index is 13.6. The van der Waals surface area contributed by atoms with Crippen molar-refractivity contribution in [2.45, 2.75) is 35.6 Å². The molecular weight excluding hydrogens is 554 g/mol. The predicted octanol–water partition coefficient (Wildman–Crippen LogP) is 4.72. The maximum absolute atomic E-state index is 13.6. The Bertz CT molecular complexity index is 1530. The smallest absolute Gasteiger partial charge is 0.283 e. The lowest BCUT2D eigenvalue weighted by atomic mass is 10.0. The van der Waals surface area contributed by atoms with Crippen molar-refractivity contribution in [3.63, 3.8) is 0 Å². The largest absolute Gasteiger partial charge is 0.347 e. The topological polar surface area (TPSA) is 117 Å². The number of nitro groups is 1. The first-order valence-corrected chi connectivity index (χ1v) is 14.3.